The summed E-state index contributed by atoms with van der Waals surface area (Å²) in [7, 11) is 0. The van der Waals surface area contributed by atoms with Crippen LogP contribution >= 0.6 is 0 Å². The Morgan fingerprint density at radius 3 is 2.75 bits per heavy atom. The van der Waals surface area contributed by atoms with E-state index in [0.717, 1.165) is 11.1 Å². The standard InChI is InChI=1S/C20H15F2N5O/c21-20(22)16-5-1-4-15(26-16)19-14(3-2-8-24-19)12-6-7-18-25-10-13(9-17(23)28)27(18)11-12/h1-8,10-11,20H,9H2,(H2,23,28). The molecule has 4 heterocycles. The van der Waals surface area contributed by atoms with Gasteiger partial charge in [0.05, 0.1) is 23.5 Å². The van der Waals surface area contributed by atoms with Crippen molar-refractivity contribution in [3.8, 4) is 22.5 Å². The summed E-state index contributed by atoms with van der Waals surface area (Å²) in [4.78, 5) is 24.0. The second kappa shape index (κ2) is 7.15. The zero-order chi connectivity index (χ0) is 19.7. The van der Waals surface area contributed by atoms with Gasteiger partial charge in [0, 0.05) is 29.7 Å². The molecular formula is C20H15F2N5O. The van der Waals surface area contributed by atoms with Crippen molar-refractivity contribution in [3.05, 3.63) is 72.4 Å². The first-order valence-corrected chi connectivity index (χ1v) is 8.48. The van der Waals surface area contributed by atoms with Crippen LogP contribution in [0, 0.1) is 0 Å². The number of carbonyl (C=O) groups excluding carboxylic acids is 1. The second-order valence-electron chi connectivity index (χ2n) is 6.19. The van der Waals surface area contributed by atoms with E-state index in [1.54, 1.807) is 35.0 Å². The fourth-order valence-corrected chi connectivity index (χ4v) is 3.05. The largest absolute Gasteiger partial charge is 0.369 e. The monoisotopic (exact) mass is 379 g/mol. The van der Waals surface area contributed by atoms with Crippen LogP contribution in [0.2, 0.25) is 0 Å². The molecule has 0 saturated carbocycles. The van der Waals surface area contributed by atoms with Gasteiger partial charge in [-0.2, -0.15) is 0 Å². The van der Waals surface area contributed by atoms with E-state index in [-0.39, 0.29) is 12.1 Å². The molecule has 1 amide bonds. The van der Waals surface area contributed by atoms with E-state index in [1.807, 2.05) is 18.3 Å². The fourth-order valence-electron chi connectivity index (χ4n) is 3.05. The number of hydrogen-bond acceptors (Lipinski definition) is 4. The van der Waals surface area contributed by atoms with Crippen LogP contribution in [0.25, 0.3) is 28.2 Å². The molecule has 0 aromatic carbocycles. The Morgan fingerprint density at radius 2 is 1.96 bits per heavy atom. The van der Waals surface area contributed by atoms with Crippen LogP contribution in [0.5, 0.6) is 0 Å². The zero-order valence-electron chi connectivity index (χ0n) is 14.6. The summed E-state index contributed by atoms with van der Waals surface area (Å²) in [6.07, 6.45) is 2.40. The van der Waals surface area contributed by atoms with Crippen LogP contribution in [0.4, 0.5) is 8.78 Å². The summed E-state index contributed by atoms with van der Waals surface area (Å²) in [6, 6.07) is 11.7. The molecule has 0 aliphatic heterocycles. The maximum absolute atomic E-state index is 13.0. The number of carbonyl (C=O) groups is 1. The second-order valence-corrected chi connectivity index (χ2v) is 6.19. The third kappa shape index (κ3) is 3.32. The highest BCUT2D eigenvalue weighted by Gasteiger charge is 2.15. The van der Waals surface area contributed by atoms with E-state index in [9.17, 15) is 13.6 Å². The molecular weight excluding hydrogens is 364 g/mol. The molecule has 0 radical (unpaired) electrons. The maximum Gasteiger partial charge on any atom is 0.280 e. The molecule has 0 aliphatic rings. The van der Waals surface area contributed by atoms with E-state index in [2.05, 4.69) is 15.0 Å². The number of alkyl halides is 2. The van der Waals surface area contributed by atoms with Gasteiger partial charge in [-0.05, 0) is 30.3 Å². The molecule has 0 aliphatic carbocycles. The Kier molecular flexibility index (Phi) is 4.52. The number of nitrogens with two attached hydrogens (primary N) is 1. The summed E-state index contributed by atoms with van der Waals surface area (Å²) >= 11 is 0. The minimum absolute atomic E-state index is 0.0580. The van der Waals surface area contributed by atoms with Crippen molar-refractivity contribution in [2.45, 2.75) is 12.8 Å². The van der Waals surface area contributed by atoms with E-state index < -0.39 is 12.3 Å². The zero-order valence-corrected chi connectivity index (χ0v) is 14.6. The van der Waals surface area contributed by atoms with Gasteiger partial charge in [-0.3, -0.25) is 9.78 Å². The molecule has 0 bridgehead atoms. The average molecular weight is 379 g/mol. The predicted molar refractivity (Wildman–Crippen MR) is 99.5 cm³/mol. The highest BCUT2D eigenvalue weighted by atomic mass is 19.3. The van der Waals surface area contributed by atoms with Crippen molar-refractivity contribution in [1.82, 2.24) is 19.4 Å². The Bertz CT molecular complexity index is 1170. The average Bonchev–Trinajstić information content (AvgIpc) is 3.09. The summed E-state index contributed by atoms with van der Waals surface area (Å²) < 4.78 is 27.9. The van der Waals surface area contributed by atoms with E-state index in [1.165, 1.54) is 12.1 Å². The van der Waals surface area contributed by atoms with Gasteiger partial charge >= 0.3 is 0 Å². The molecule has 0 saturated heterocycles. The lowest BCUT2D eigenvalue weighted by molar-refractivity contribution is -0.117. The molecule has 0 fully saturated rings. The van der Waals surface area contributed by atoms with Crippen LogP contribution in [0.1, 0.15) is 17.8 Å². The summed E-state index contributed by atoms with van der Waals surface area (Å²) in [6.45, 7) is 0. The Labute approximate surface area is 158 Å². The quantitative estimate of drug-likeness (QED) is 0.576. The lowest BCUT2D eigenvalue weighted by atomic mass is 10.0. The van der Waals surface area contributed by atoms with Gasteiger partial charge in [0.15, 0.2) is 0 Å². The molecule has 6 nitrogen and oxygen atoms in total. The minimum atomic E-state index is -2.66. The molecule has 0 unspecified atom stereocenters. The van der Waals surface area contributed by atoms with Gasteiger partial charge in [0.1, 0.15) is 11.3 Å². The Hall–Kier alpha value is -3.68. The van der Waals surface area contributed by atoms with Crippen LogP contribution in [-0.4, -0.2) is 25.3 Å². The highest BCUT2D eigenvalue weighted by molar-refractivity contribution is 5.80. The van der Waals surface area contributed by atoms with E-state index in [0.29, 0.717) is 22.7 Å². The third-order valence-electron chi connectivity index (χ3n) is 4.29. The molecule has 0 spiro atoms. The van der Waals surface area contributed by atoms with Crippen LogP contribution < -0.4 is 5.73 Å². The molecule has 2 N–H and O–H groups in total. The van der Waals surface area contributed by atoms with Crippen molar-refractivity contribution in [2.75, 3.05) is 0 Å². The number of imidazole rings is 1. The number of nitrogens with zero attached hydrogens (tertiary/aromatic N) is 4. The first-order chi connectivity index (χ1) is 13.5. The summed E-state index contributed by atoms with van der Waals surface area (Å²) in [5.74, 6) is -0.456. The predicted octanol–water partition coefficient (Wildman–Crippen LogP) is 3.42. The molecule has 8 heteroatoms. The van der Waals surface area contributed by atoms with Crippen molar-refractivity contribution in [2.24, 2.45) is 5.73 Å². The molecule has 4 rings (SSSR count). The number of pyridine rings is 3. The topological polar surface area (TPSA) is 86.2 Å². The number of halogens is 2. The number of fused-ring (bicyclic) bond motifs is 1. The van der Waals surface area contributed by atoms with E-state index in [4.69, 9.17) is 5.73 Å². The number of rotatable bonds is 5. The maximum atomic E-state index is 13.0. The molecule has 28 heavy (non-hydrogen) atoms. The van der Waals surface area contributed by atoms with Crippen molar-refractivity contribution in [3.63, 3.8) is 0 Å². The smallest absolute Gasteiger partial charge is 0.280 e. The first kappa shape index (κ1) is 17.7. The van der Waals surface area contributed by atoms with Gasteiger partial charge in [0.25, 0.3) is 6.43 Å². The van der Waals surface area contributed by atoms with Gasteiger partial charge in [0.2, 0.25) is 5.91 Å². The highest BCUT2D eigenvalue weighted by Crippen LogP contribution is 2.30. The minimum Gasteiger partial charge on any atom is -0.369 e. The number of aromatic nitrogens is 4. The number of amides is 1. The van der Waals surface area contributed by atoms with Gasteiger partial charge < -0.3 is 10.1 Å². The lowest BCUT2D eigenvalue weighted by Crippen LogP contribution is -2.14. The third-order valence-corrected chi connectivity index (χ3v) is 4.29. The van der Waals surface area contributed by atoms with E-state index >= 15 is 0 Å². The van der Waals surface area contributed by atoms with Crippen molar-refractivity contribution in [1.29, 1.82) is 0 Å². The first-order valence-electron chi connectivity index (χ1n) is 8.48. The number of hydrogen-bond donors (Lipinski definition) is 1. The van der Waals surface area contributed by atoms with Crippen molar-refractivity contribution >= 4 is 11.6 Å². The van der Waals surface area contributed by atoms with Gasteiger partial charge in [-0.1, -0.05) is 12.1 Å². The molecule has 0 atom stereocenters. The lowest BCUT2D eigenvalue weighted by Gasteiger charge is -2.10. The fraction of sp³-hybridized carbons (Fsp3) is 0.100. The van der Waals surface area contributed by atoms with Crippen molar-refractivity contribution < 1.29 is 13.6 Å². The Morgan fingerprint density at radius 1 is 1.11 bits per heavy atom. The molecule has 140 valence electrons. The van der Waals surface area contributed by atoms with Gasteiger partial charge in [-0.15, -0.1) is 0 Å². The van der Waals surface area contributed by atoms with Gasteiger partial charge in [-0.25, -0.2) is 18.7 Å². The van der Waals surface area contributed by atoms with Crippen LogP contribution in [0.3, 0.4) is 0 Å². The summed E-state index contributed by atoms with van der Waals surface area (Å²) in [5, 5.41) is 0. The molecule has 4 aromatic rings. The van der Waals surface area contributed by atoms with Crippen LogP contribution in [-0.2, 0) is 11.2 Å². The van der Waals surface area contributed by atoms with Crippen LogP contribution in [0.15, 0.2) is 61.1 Å². The summed E-state index contributed by atoms with van der Waals surface area (Å²) in [5.41, 5.74) is 8.68. The Balaban J connectivity index is 1.84. The SMILES string of the molecule is NC(=O)Cc1cnc2ccc(-c3cccnc3-c3cccc(C(F)F)n3)cn12. The molecule has 4 aromatic heterocycles. The normalized spacial score (nSPS) is 11.2. The number of primary amides is 1.